The number of nitrogens with one attached hydrogen (secondary N) is 2. The molecule has 1 aromatic rings. The quantitative estimate of drug-likeness (QED) is 0.606. The lowest BCUT2D eigenvalue weighted by Crippen LogP contribution is -2.31. The van der Waals surface area contributed by atoms with Crippen LogP contribution in [0.2, 0.25) is 5.02 Å². The van der Waals surface area contributed by atoms with Crippen molar-refractivity contribution in [1.82, 2.24) is 10.6 Å². The van der Waals surface area contributed by atoms with Crippen LogP contribution >= 0.6 is 11.6 Å². The summed E-state index contributed by atoms with van der Waals surface area (Å²) >= 11 is 6.11. The monoisotopic (exact) mass is 286 g/mol. The third kappa shape index (κ3) is 6.78. The van der Waals surface area contributed by atoms with E-state index in [2.05, 4.69) is 10.6 Å². The van der Waals surface area contributed by atoms with Crippen LogP contribution in [0.1, 0.15) is 19.4 Å². The van der Waals surface area contributed by atoms with Gasteiger partial charge < -0.3 is 20.5 Å². The summed E-state index contributed by atoms with van der Waals surface area (Å²) in [7, 11) is 0. The van der Waals surface area contributed by atoms with Gasteiger partial charge in [0.25, 0.3) is 0 Å². The van der Waals surface area contributed by atoms with Crippen LogP contribution in [-0.4, -0.2) is 37.5 Å². The fraction of sp³-hybridized carbons (Fsp3) is 0.571. The molecule has 0 aliphatic rings. The molecular formula is C14H23ClN2O2. The van der Waals surface area contributed by atoms with Crippen molar-refractivity contribution in [2.24, 2.45) is 0 Å². The molecule has 19 heavy (non-hydrogen) atoms. The van der Waals surface area contributed by atoms with Crippen molar-refractivity contribution in [1.29, 1.82) is 0 Å². The van der Waals surface area contributed by atoms with Gasteiger partial charge in [-0.05, 0) is 31.5 Å². The molecule has 5 heteroatoms. The van der Waals surface area contributed by atoms with E-state index in [9.17, 15) is 0 Å². The first kappa shape index (κ1) is 16.2. The average Bonchev–Trinajstić information content (AvgIpc) is 2.36. The molecule has 0 saturated heterocycles. The van der Waals surface area contributed by atoms with Gasteiger partial charge in [-0.2, -0.15) is 0 Å². The van der Waals surface area contributed by atoms with Crippen molar-refractivity contribution >= 4 is 11.6 Å². The van der Waals surface area contributed by atoms with E-state index in [4.69, 9.17) is 21.4 Å². The molecule has 1 atom stereocenters. The number of aliphatic hydroxyl groups excluding tert-OH is 1. The van der Waals surface area contributed by atoms with Crippen molar-refractivity contribution in [3.8, 4) is 5.75 Å². The maximum atomic E-state index is 9.08. The van der Waals surface area contributed by atoms with Crippen LogP contribution < -0.4 is 15.4 Å². The highest BCUT2D eigenvalue weighted by Crippen LogP contribution is 2.25. The maximum absolute atomic E-state index is 9.08. The van der Waals surface area contributed by atoms with Gasteiger partial charge >= 0.3 is 0 Å². The molecule has 4 nitrogen and oxygen atoms in total. The molecule has 0 radical (unpaired) electrons. The van der Waals surface area contributed by atoms with E-state index in [0.717, 1.165) is 30.9 Å². The van der Waals surface area contributed by atoms with Gasteiger partial charge in [-0.1, -0.05) is 17.7 Å². The highest BCUT2D eigenvalue weighted by Gasteiger charge is 2.02. The smallest absolute Gasteiger partial charge is 0.137 e. The molecule has 0 heterocycles. The molecule has 0 saturated carbocycles. The Hall–Kier alpha value is -0.810. The Morgan fingerprint density at radius 3 is 2.68 bits per heavy atom. The second-order valence-electron chi connectivity index (χ2n) is 4.43. The summed E-state index contributed by atoms with van der Waals surface area (Å²) in [6.07, 6.45) is -0.301. The zero-order valence-electron chi connectivity index (χ0n) is 11.6. The lowest BCUT2D eigenvalue weighted by atomic mass is 10.2. The molecule has 0 aromatic heterocycles. The van der Waals surface area contributed by atoms with Gasteiger partial charge in [-0.3, -0.25) is 0 Å². The number of benzene rings is 1. The van der Waals surface area contributed by atoms with Crippen molar-refractivity contribution in [2.45, 2.75) is 26.5 Å². The van der Waals surface area contributed by atoms with E-state index in [1.807, 2.05) is 25.1 Å². The van der Waals surface area contributed by atoms with Crippen LogP contribution in [0.15, 0.2) is 18.2 Å². The molecular weight excluding hydrogens is 264 g/mol. The second kappa shape index (κ2) is 9.15. The number of halogens is 1. The molecule has 0 aliphatic heterocycles. The molecule has 3 N–H and O–H groups in total. The SMILES string of the molecule is CCOc1ccc(CNCCNCC(C)O)cc1Cl. The predicted molar refractivity (Wildman–Crippen MR) is 78.9 cm³/mol. The fourth-order valence-electron chi connectivity index (χ4n) is 1.65. The van der Waals surface area contributed by atoms with Crippen LogP contribution in [-0.2, 0) is 6.54 Å². The van der Waals surface area contributed by atoms with Gasteiger partial charge in [0, 0.05) is 26.2 Å². The van der Waals surface area contributed by atoms with Gasteiger partial charge in [0.1, 0.15) is 5.75 Å². The van der Waals surface area contributed by atoms with Crippen LogP contribution in [0.5, 0.6) is 5.75 Å². The normalized spacial score (nSPS) is 12.4. The fourth-order valence-corrected chi connectivity index (χ4v) is 1.91. The van der Waals surface area contributed by atoms with Gasteiger partial charge in [-0.15, -0.1) is 0 Å². The number of rotatable bonds is 9. The van der Waals surface area contributed by atoms with E-state index >= 15 is 0 Å². The Bertz CT molecular complexity index is 372. The summed E-state index contributed by atoms with van der Waals surface area (Å²) in [5, 5.41) is 16.2. The van der Waals surface area contributed by atoms with Crippen molar-refractivity contribution in [2.75, 3.05) is 26.2 Å². The van der Waals surface area contributed by atoms with E-state index in [1.54, 1.807) is 6.92 Å². The summed E-state index contributed by atoms with van der Waals surface area (Å²) in [5.74, 6) is 0.728. The Balaban J connectivity index is 2.24. The maximum Gasteiger partial charge on any atom is 0.137 e. The van der Waals surface area contributed by atoms with Crippen LogP contribution in [0.4, 0.5) is 0 Å². The van der Waals surface area contributed by atoms with Crippen LogP contribution in [0, 0.1) is 0 Å². The Morgan fingerprint density at radius 2 is 2.05 bits per heavy atom. The molecule has 0 amide bonds. The Labute approximate surface area is 120 Å². The molecule has 0 spiro atoms. The first-order valence-electron chi connectivity index (χ1n) is 6.64. The van der Waals surface area contributed by atoms with E-state index in [1.165, 1.54) is 0 Å². The van der Waals surface area contributed by atoms with Crippen molar-refractivity contribution in [3.05, 3.63) is 28.8 Å². The zero-order valence-corrected chi connectivity index (χ0v) is 12.3. The summed E-state index contributed by atoms with van der Waals surface area (Å²) < 4.78 is 5.39. The van der Waals surface area contributed by atoms with Crippen molar-refractivity contribution in [3.63, 3.8) is 0 Å². The summed E-state index contributed by atoms with van der Waals surface area (Å²) in [4.78, 5) is 0. The second-order valence-corrected chi connectivity index (χ2v) is 4.83. The molecule has 0 bridgehead atoms. The summed E-state index contributed by atoms with van der Waals surface area (Å²) in [6, 6.07) is 5.82. The van der Waals surface area contributed by atoms with Crippen molar-refractivity contribution < 1.29 is 9.84 Å². The van der Waals surface area contributed by atoms with Crippen LogP contribution in [0.3, 0.4) is 0 Å². The minimum atomic E-state index is -0.301. The van der Waals surface area contributed by atoms with E-state index in [0.29, 0.717) is 18.2 Å². The standard InChI is InChI=1S/C14H23ClN2O2/c1-3-19-14-5-4-12(8-13(14)15)10-17-7-6-16-9-11(2)18/h4-5,8,11,16-18H,3,6-7,9-10H2,1-2H3. The first-order valence-corrected chi connectivity index (χ1v) is 7.02. The predicted octanol–water partition coefficient (Wildman–Crippen LogP) is 1.80. The topological polar surface area (TPSA) is 53.5 Å². The minimum absolute atomic E-state index is 0.301. The first-order chi connectivity index (χ1) is 9.13. The van der Waals surface area contributed by atoms with Crippen LogP contribution in [0.25, 0.3) is 0 Å². The summed E-state index contributed by atoms with van der Waals surface area (Å²) in [5.41, 5.74) is 1.13. The zero-order chi connectivity index (χ0) is 14.1. The van der Waals surface area contributed by atoms with E-state index in [-0.39, 0.29) is 6.10 Å². The molecule has 0 fully saturated rings. The lowest BCUT2D eigenvalue weighted by molar-refractivity contribution is 0.191. The van der Waals surface area contributed by atoms with Gasteiger partial charge in [0.15, 0.2) is 0 Å². The third-order valence-electron chi connectivity index (χ3n) is 2.54. The van der Waals surface area contributed by atoms with Gasteiger partial charge in [0.05, 0.1) is 17.7 Å². The summed E-state index contributed by atoms with van der Waals surface area (Å²) in [6.45, 7) is 7.38. The number of hydrogen-bond acceptors (Lipinski definition) is 4. The Kier molecular flexibility index (Phi) is 7.82. The molecule has 1 unspecified atom stereocenters. The van der Waals surface area contributed by atoms with E-state index < -0.39 is 0 Å². The highest BCUT2D eigenvalue weighted by atomic mass is 35.5. The van der Waals surface area contributed by atoms with Gasteiger partial charge in [0.2, 0.25) is 0 Å². The number of aliphatic hydroxyl groups is 1. The largest absolute Gasteiger partial charge is 0.492 e. The Morgan fingerprint density at radius 1 is 1.32 bits per heavy atom. The van der Waals surface area contributed by atoms with Gasteiger partial charge in [-0.25, -0.2) is 0 Å². The third-order valence-corrected chi connectivity index (χ3v) is 2.84. The lowest BCUT2D eigenvalue weighted by Gasteiger charge is -2.10. The molecule has 108 valence electrons. The number of hydrogen-bond donors (Lipinski definition) is 3. The molecule has 0 aliphatic carbocycles. The average molecular weight is 287 g/mol. The number of ether oxygens (including phenoxy) is 1. The molecule has 1 aromatic carbocycles. The minimum Gasteiger partial charge on any atom is -0.492 e. The highest BCUT2D eigenvalue weighted by molar-refractivity contribution is 6.32. The molecule has 1 rings (SSSR count).